The third-order valence-electron chi connectivity index (χ3n) is 6.24. The van der Waals surface area contributed by atoms with Crippen LogP contribution in [-0.4, -0.2) is 64.6 Å². The van der Waals surface area contributed by atoms with E-state index in [1.54, 1.807) is 43.3 Å². The number of carbonyl (C=O) groups excluding carboxylic acids is 2. The Morgan fingerprint density at radius 2 is 1.85 bits per heavy atom. The van der Waals surface area contributed by atoms with Gasteiger partial charge in [-0.05, 0) is 55.7 Å². The molecule has 0 spiro atoms. The molecule has 0 aromatic heterocycles. The first-order chi connectivity index (χ1) is 16.3. The quantitative estimate of drug-likeness (QED) is 0.596. The van der Waals surface area contributed by atoms with Crippen LogP contribution in [0.5, 0.6) is 11.5 Å². The second kappa shape index (κ2) is 9.63. The molecule has 2 aliphatic heterocycles. The Hall–Kier alpha value is -3.11. The van der Waals surface area contributed by atoms with E-state index < -0.39 is 28.0 Å². The van der Waals surface area contributed by atoms with Crippen LogP contribution >= 0.6 is 0 Å². The van der Waals surface area contributed by atoms with Gasteiger partial charge in [0.05, 0.1) is 37.3 Å². The molecular weight excluding hydrogens is 460 g/mol. The van der Waals surface area contributed by atoms with Crippen molar-refractivity contribution in [2.75, 3.05) is 38.8 Å². The minimum Gasteiger partial charge on any atom is -0.496 e. The van der Waals surface area contributed by atoms with Gasteiger partial charge in [-0.15, -0.1) is 0 Å². The van der Waals surface area contributed by atoms with Gasteiger partial charge in [0, 0.05) is 13.1 Å². The molecule has 0 saturated carbocycles. The fourth-order valence-corrected chi connectivity index (χ4v) is 6.05. The van der Waals surface area contributed by atoms with Crippen LogP contribution in [0.25, 0.3) is 0 Å². The summed E-state index contributed by atoms with van der Waals surface area (Å²) in [7, 11) is -0.987. The number of aryl methyl sites for hydroxylation is 1. The molecular formula is C24H28N2O7S. The zero-order chi connectivity index (χ0) is 24.5. The van der Waals surface area contributed by atoms with Crippen LogP contribution in [0, 0.1) is 12.8 Å². The minimum atomic E-state index is -3.79. The number of hydrogen-bond donors (Lipinski definition) is 0. The molecule has 182 valence electrons. The van der Waals surface area contributed by atoms with E-state index in [0.29, 0.717) is 42.1 Å². The van der Waals surface area contributed by atoms with Gasteiger partial charge in [-0.3, -0.25) is 4.79 Å². The van der Waals surface area contributed by atoms with Crippen LogP contribution in [0.15, 0.2) is 47.4 Å². The van der Waals surface area contributed by atoms with Gasteiger partial charge >= 0.3 is 5.97 Å². The van der Waals surface area contributed by atoms with Crippen molar-refractivity contribution in [1.82, 2.24) is 4.31 Å². The number of para-hydroxylation sites is 2. The second-order valence-electron chi connectivity index (χ2n) is 8.38. The van der Waals surface area contributed by atoms with Crippen molar-refractivity contribution in [3.8, 4) is 11.5 Å². The van der Waals surface area contributed by atoms with Crippen molar-refractivity contribution in [2.24, 2.45) is 5.92 Å². The van der Waals surface area contributed by atoms with E-state index in [9.17, 15) is 18.0 Å². The van der Waals surface area contributed by atoms with Crippen LogP contribution in [0.3, 0.4) is 0 Å². The predicted octanol–water partition coefficient (Wildman–Crippen LogP) is 2.37. The van der Waals surface area contributed by atoms with E-state index >= 15 is 0 Å². The van der Waals surface area contributed by atoms with E-state index in [2.05, 4.69) is 0 Å². The first-order valence-electron chi connectivity index (χ1n) is 11.1. The SMILES string of the molecule is COC(=O)[C@H]1CN(C(=O)[C@@H]2CCCN(S(=O)(=O)c3ccc(OC)c(C)c3)C2)c2ccccc2O1. The van der Waals surface area contributed by atoms with Gasteiger partial charge in [-0.1, -0.05) is 12.1 Å². The highest BCUT2D eigenvalue weighted by atomic mass is 32.2. The minimum absolute atomic E-state index is 0.00342. The Labute approximate surface area is 199 Å². The molecule has 1 fully saturated rings. The van der Waals surface area contributed by atoms with Crippen LogP contribution < -0.4 is 14.4 Å². The molecule has 0 unspecified atom stereocenters. The van der Waals surface area contributed by atoms with E-state index in [1.165, 1.54) is 29.5 Å². The molecule has 2 heterocycles. The fourth-order valence-electron chi connectivity index (χ4n) is 4.44. The average molecular weight is 489 g/mol. The summed E-state index contributed by atoms with van der Waals surface area (Å²) in [6.07, 6.45) is 0.154. The lowest BCUT2D eigenvalue weighted by atomic mass is 9.97. The monoisotopic (exact) mass is 488 g/mol. The Balaban J connectivity index is 1.57. The maximum Gasteiger partial charge on any atom is 0.348 e. The zero-order valence-electron chi connectivity index (χ0n) is 19.4. The first kappa shape index (κ1) is 24.0. The number of methoxy groups -OCH3 is 2. The van der Waals surface area contributed by atoms with E-state index in [0.717, 1.165) is 0 Å². The highest BCUT2D eigenvalue weighted by molar-refractivity contribution is 7.89. The average Bonchev–Trinajstić information content (AvgIpc) is 2.87. The molecule has 10 heteroatoms. The van der Waals surface area contributed by atoms with Gasteiger partial charge in [0.1, 0.15) is 11.5 Å². The molecule has 4 rings (SSSR count). The Bertz CT molecular complexity index is 1200. The number of fused-ring (bicyclic) bond motifs is 1. The normalized spacial score (nSPS) is 20.7. The summed E-state index contributed by atoms with van der Waals surface area (Å²) in [5, 5.41) is 0. The summed E-state index contributed by atoms with van der Waals surface area (Å²) in [4.78, 5) is 27.4. The van der Waals surface area contributed by atoms with Crippen LogP contribution in [0.1, 0.15) is 18.4 Å². The number of nitrogens with zero attached hydrogens (tertiary/aromatic N) is 2. The zero-order valence-corrected chi connectivity index (χ0v) is 20.2. The molecule has 0 aliphatic carbocycles. The molecule has 2 aliphatic rings. The number of rotatable bonds is 5. The molecule has 0 bridgehead atoms. The van der Waals surface area contributed by atoms with Crippen LogP contribution in [-0.2, 0) is 24.3 Å². The number of esters is 1. The molecule has 2 aromatic rings. The Kier molecular flexibility index (Phi) is 6.81. The van der Waals surface area contributed by atoms with Crippen molar-refractivity contribution in [3.63, 3.8) is 0 Å². The number of carbonyl (C=O) groups is 2. The van der Waals surface area contributed by atoms with Gasteiger partial charge in [0.25, 0.3) is 0 Å². The van der Waals surface area contributed by atoms with Crippen molar-refractivity contribution >= 4 is 27.6 Å². The van der Waals surface area contributed by atoms with E-state index in [1.807, 2.05) is 0 Å². The number of anilines is 1. The van der Waals surface area contributed by atoms with Gasteiger partial charge in [0.2, 0.25) is 22.0 Å². The first-order valence-corrected chi connectivity index (χ1v) is 12.5. The standard InChI is InChI=1S/C24H28N2O7S/c1-16-13-18(10-11-20(16)31-2)34(29,30)25-12-6-7-17(14-25)23(27)26-15-22(24(28)32-3)33-21-9-5-4-8-19(21)26/h4-5,8-11,13,17,22H,6-7,12,14-15H2,1-3H3/t17-,22-/m1/s1. The maximum atomic E-state index is 13.6. The number of benzene rings is 2. The van der Waals surface area contributed by atoms with Crippen molar-refractivity contribution in [1.29, 1.82) is 0 Å². The number of amides is 1. The smallest absolute Gasteiger partial charge is 0.348 e. The van der Waals surface area contributed by atoms with Crippen molar-refractivity contribution in [3.05, 3.63) is 48.0 Å². The lowest BCUT2D eigenvalue weighted by Gasteiger charge is -2.38. The third-order valence-corrected chi connectivity index (χ3v) is 8.10. The lowest BCUT2D eigenvalue weighted by molar-refractivity contribution is -0.148. The molecule has 9 nitrogen and oxygen atoms in total. The van der Waals surface area contributed by atoms with E-state index in [4.69, 9.17) is 14.2 Å². The fraction of sp³-hybridized carbons (Fsp3) is 0.417. The summed E-state index contributed by atoms with van der Waals surface area (Å²) in [5.74, 6) is -0.346. The largest absolute Gasteiger partial charge is 0.496 e. The molecule has 2 aromatic carbocycles. The van der Waals surface area contributed by atoms with Crippen LogP contribution in [0.2, 0.25) is 0 Å². The van der Waals surface area contributed by atoms with Gasteiger partial charge in [-0.25, -0.2) is 13.2 Å². The molecule has 1 amide bonds. The molecule has 2 atom stereocenters. The molecule has 0 N–H and O–H groups in total. The van der Waals surface area contributed by atoms with Gasteiger partial charge in [-0.2, -0.15) is 4.31 Å². The predicted molar refractivity (Wildman–Crippen MR) is 124 cm³/mol. The Morgan fingerprint density at radius 1 is 1.09 bits per heavy atom. The van der Waals surface area contributed by atoms with Gasteiger partial charge in [0.15, 0.2) is 0 Å². The number of sulfonamides is 1. The van der Waals surface area contributed by atoms with Crippen molar-refractivity contribution < 1.29 is 32.2 Å². The summed E-state index contributed by atoms with van der Waals surface area (Å²) >= 11 is 0. The molecule has 1 saturated heterocycles. The lowest BCUT2D eigenvalue weighted by Crippen LogP contribution is -2.52. The summed E-state index contributed by atoms with van der Waals surface area (Å²) < 4.78 is 43.8. The highest BCUT2D eigenvalue weighted by Gasteiger charge is 2.40. The maximum absolute atomic E-state index is 13.6. The van der Waals surface area contributed by atoms with E-state index in [-0.39, 0.29) is 23.9 Å². The second-order valence-corrected chi connectivity index (χ2v) is 10.3. The summed E-state index contributed by atoms with van der Waals surface area (Å²) in [5.41, 5.74) is 1.27. The number of piperidine rings is 1. The topological polar surface area (TPSA) is 102 Å². The number of ether oxygens (including phenoxy) is 3. The molecule has 34 heavy (non-hydrogen) atoms. The highest BCUT2D eigenvalue weighted by Crippen LogP contribution is 2.36. The van der Waals surface area contributed by atoms with Crippen molar-refractivity contribution in [2.45, 2.75) is 30.8 Å². The summed E-state index contributed by atoms with van der Waals surface area (Å²) in [6.45, 7) is 2.19. The Morgan fingerprint density at radius 3 is 2.56 bits per heavy atom. The third kappa shape index (κ3) is 4.47. The van der Waals surface area contributed by atoms with Crippen LogP contribution in [0.4, 0.5) is 5.69 Å². The van der Waals surface area contributed by atoms with Gasteiger partial charge < -0.3 is 19.1 Å². The number of hydrogen-bond acceptors (Lipinski definition) is 7. The summed E-state index contributed by atoms with van der Waals surface area (Å²) in [6, 6.07) is 11.7. The molecule has 0 radical (unpaired) electrons.